The van der Waals surface area contributed by atoms with Crippen molar-refractivity contribution in [2.24, 2.45) is 5.92 Å². The highest BCUT2D eigenvalue weighted by Crippen LogP contribution is 2.36. The summed E-state index contributed by atoms with van der Waals surface area (Å²) in [5.74, 6) is -0.627. The van der Waals surface area contributed by atoms with Crippen molar-refractivity contribution in [2.75, 3.05) is 19.7 Å². The zero-order valence-corrected chi connectivity index (χ0v) is 19.2. The SMILES string of the molecule is O=C(OC[C@H]1CCCN2CCCC[C@@H]12)c1nn2c(C(F)(F)F)cc(-c3cccs3)nc2c1Cl. The number of alkyl halides is 3. The van der Waals surface area contributed by atoms with Gasteiger partial charge in [0.25, 0.3) is 0 Å². The van der Waals surface area contributed by atoms with E-state index in [0.717, 1.165) is 44.8 Å². The van der Waals surface area contributed by atoms with Crippen molar-refractivity contribution in [1.82, 2.24) is 19.5 Å². The number of carbonyl (C=O) groups is 1. The fourth-order valence-corrected chi connectivity index (χ4v) is 5.82. The quantitative estimate of drug-likeness (QED) is 0.441. The molecule has 0 N–H and O–H groups in total. The predicted octanol–water partition coefficient (Wildman–Crippen LogP) is 5.55. The first-order valence-corrected chi connectivity index (χ1v) is 12.2. The van der Waals surface area contributed by atoms with E-state index in [4.69, 9.17) is 16.3 Å². The molecule has 0 amide bonds. The summed E-state index contributed by atoms with van der Waals surface area (Å²) in [6, 6.07) is 4.68. The number of nitrogens with zero attached hydrogens (tertiary/aromatic N) is 4. The third kappa shape index (κ3) is 4.36. The molecule has 0 radical (unpaired) electrons. The maximum atomic E-state index is 13.8. The number of hydrogen-bond acceptors (Lipinski definition) is 6. The summed E-state index contributed by atoms with van der Waals surface area (Å²) in [5, 5.41) is 5.37. The van der Waals surface area contributed by atoms with Gasteiger partial charge >= 0.3 is 12.1 Å². The number of esters is 1. The Morgan fingerprint density at radius 3 is 2.82 bits per heavy atom. The van der Waals surface area contributed by atoms with Gasteiger partial charge in [-0.15, -0.1) is 11.3 Å². The number of piperidine rings is 2. The molecule has 33 heavy (non-hydrogen) atoms. The lowest BCUT2D eigenvalue weighted by Crippen LogP contribution is -2.49. The summed E-state index contributed by atoms with van der Waals surface area (Å²) < 4.78 is 47.4. The fourth-order valence-electron chi connectivity index (χ4n) is 4.90. The molecule has 0 aliphatic carbocycles. The van der Waals surface area contributed by atoms with Gasteiger partial charge in [-0.3, -0.25) is 4.90 Å². The van der Waals surface area contributed by atoms with E-state index in [9.17, 15) is 18.0 Å². The lowest BCUT2D eigenvalue weighted by atomic mass is 9.84. The van der Waals surface area contributed by atoms with Gasteiger partial charge < -0.3 is 4.74 Å². The van der Waals surface area contributed by atoms with Crippen LogP contribution in [0, 0.1) is 5.92 Å². The number of carbonyl (C=O) groups excluding carboxylic acids is 1. The number of rotatable bonds is 4. The average molecular weight is 499 g/mol. The van der Waals surface area contributed by atoms with Crippen LogP contribution in [-0.2, 0) is 10.9 Å². The van der Waals surface area contributed by atoms with Crippen molar-refractivity contribution in [3.8, 4) is 10.6 Å². The Bertz CT molecular complexity index is 1160. The minimum absolute atomic E-state index is 0.117. The topological polar surface area (TPSA) is 59.7 Å². The van der Waals surface area contributed by atoms with Crippen molar-refractivity contribution >= 4 is 34.6 Å². The summed E-state index contributed by atoms with van der Waals surface area (Å²) >= 11 is 7.58. The van der Waals surface area contributed by atoms with Gasteiger partial charge in [-0.2, -0.15) is 18.3 Å². The third-order valence-electron chi connectivity index (χ3n) is 6.45. The van der Waals surface area contributed by atoms with Gasteiger partial charge in [-0.05, 0) is 56.3 Å². The minimum Gasteiger partial charge on any atom is -0.461 e. The van der Waals surface area contributed by atoms with Gasteiger partial charge in [0.2, 0.25) is 0 Å². The first-order valence-electron chi connectivity index (χ1n) is 10.9. The van der Waals surface area contributed by atoms with E-state index in [2.05, 4.69) is 15.0 Å². The highest BCUT2D eigenvalue weighted by atomic mass is 35.5. The van der Waals surface area contributed by atoms with Crippen molar-refractivity contribution in [3.63, 3.8) is 0 Å². The number of ether oxygens (including phenoxy) is 1. The van der Waals surface area contributed by atoms with Gasteiger partial charge in [0.05, 0.1) is 17.2 Å². The molecule has 0 saturated carbocycles. The molecule has 0 spiro atoms. The largest absolute Gasteiger partial charge is 0.461 e. The smallest absolute Gasteiger partial charge is 0.433 e. The molecule has 2 fully saturated rings. The highest BCUT2D eigenvalue weighted by molar-refractivity contribution is 7.13. The molecule has 3 aromatic heterocycles. The van der Waals surface area contributed by atoms with Crippen molar-refractivity contribution in [2.45, 2.75) is 44.3 Å². The van der Waals surface area contributed by atoms with Crippen molar-refractivity contribution < 1.29 is 22.7 Å². The fraction of sp³-hybridized carbons (Fsp3) is 0.500. The first-order chi connectivity index (χ1) is 15.8. The third-order valence-corrected chi connectivity index (χ3v) is 7.69. The second-order valence-corrected chi connectivity index (χ2v) is 9.83. The number of hydrogen-bond donors (Lipinski definition) is 0. The summed E-state index contributed by atoms with van der Waals surface area (Å²) in [5.41, 5.74) is -1.51. The van der Waals surface area contributed by atoms with Crippen LogP contribution in [0.5, 0.6) is 0 Å². The van der Waals surface area contributed by atoms with Gasteiger partial charge in [-0.1, -0.05) is 24.1 Å². The van der Waals surface area contributed by atoms with Crippen molar-refractivity contribution in [3.05, 3.63) is 40.0 Å². The Kier molecular flexibility index (Phi) is 6.09. The predicted molar refractivity (Wildman–Crippen MR) is 119 cm³/mol. The van der Waals surface area contributed by atoms with Crippen LogP contribution in [-0.4, -0.2) is 51.2 Å². The summed E-state index contributed by atoms with van der Waals surface area (Å²) in [6.07, 6.45) is 0.692. The van der Waals surface area contributed by atoms with E-state index in [1.807, 2.05) is 0 Å². The number of halogens is 4. The molecular formula is C22H22ClF3N4O2S. The molecule has 3 aromatic rings. The monoisotopic (exact) mass is 498 g/mol. The first kappa shape index (κ1) is 22.6. The zero-order chi connectivity index (χ0) is 23.2. The minimum atomic E-state index is -4.71. The Labute approximate surface area is 197 Å². The highest BCUT2D eigenvalue weighted by Gasteiger charge is 2.38. The van der Waals surface area contributed by atoms with Crippen LogP contribution in [0.15, 0.2) is 23.6 Å². The Balaban J connectivity index is 1.43. The van der Waals surface area contributed by atoms with E-state index in [-0.39, 0.29) is 34.6 Å². The lowest BCUT2D eigenvalue weighted by molar-refractivity contribution is -0.142. The van der Waals surface area contributed by atoms with Crippen LogP contribution in [0.1, 0.15) is 48.3 Å². The average Bonchev–Trinajstić information content (AvgIpc) is 3.45. The molecule has 2 atom stereocenters. The van der Waals surface area contributed by atoms with E-state index in [1.54, 1.807) is 17.5 Å². The molecule has 2 saturated heterocycles. The van der Waals surface area contributed by atoms with Gasteiger partial charge in [0.1, 0.15) is 5.02 Å². The standard InChI is InChI=1S/C22H22ClF3N4O2S/c23-18-19(21(31)32-12-13-5-3-9-29-8-2-1-6-15(13)29)28-30-17(22(24,25)26)11-14(27-20(18)30)16-7-4-10-33-16/h4,7,10-11,13,15H,1-3,5-6,8-9,12H2/t13-,15+/m1/s1. The normalized spacial score (nSPS) is 21.8. The molecular weight excluding hydrogens is 477 g/mol. The Morgan fingerprint density at radius 2 is 2.06 bits per heavy atom. The Morgan fingerprint density at radius 1 is 1.24 bits per heavy atom. The molecule has 0 aromatic carbocycles. The van der Waals surface area contributed by atoms with Crippen LogP contribution in [0.4, 0.5) is 13.2 Å². The molecule has 6 nitrogen and oxygen atoms in total. The molecule has 2 aliphatic rings. The molecule has 176 valence electrons. The number of thiophene rings is 1. The second kappa shape index (κ2) is 8.88. The molecule has 0 bridgehead atoms. The Hall–Kier alpha value is -2.17. The molecule has 0 unspecified atom stereocenters. The molecule has 2 aliphatic heterocycles. The number of aromatic nitrogens is 3. The van der Waals surface area contributed by atoms with Gasteiger partial charge in [-0.25, -0.2) is 14.3 Å². The van der Waals surface area contributed by atoms with Crippen LogP contribution >= 0.6 is 22.9 Å². The van der Waals surface area contributed by atoms with Crippen LogP contribution < -0.4 is 0 Å². The van der Waals surface area contributed by atoms with Gasteiger partial charge in [0, 0.05) is 12.0 Å². The van der Waals surface area contributed by atoms with E-state index >= 15 is 0 Å². The van der Waals surface area contributed by atoms with E-state index < -0.39 is 17.8 Å². The summed E-state index contributed by atoms with van der Waals surface area (Å²) in [4.78, 5) is 20.1. The summed E-state index contributed by atoms with van der Waals surface area (Å²) in [7, 11) is 0. The lowest BCUT2D eigenvalue weighted by Gasteiger charge is -2.44. The van der Waals surface area contributed by atoms with Crippen LogP contribution in [0.3, 0.4) is 0 Å². The van der Waals surface area contributed by atoms with Crippen molar-refractivity contribution in [1.29, 1.82) is 0 Å². The van der Waals surface area contributed by atoms with E-state index in [1.165, 1.54) is 17.8 Å². The number of fused-ring (bicyclic) bond motifs is 2. The summed E-state index contributed by atoms with van der Waals surface area (Å²) in [6.45, 7) is 2.32. The molecule has 11 heteroatoms. The molecule has 5 rings (SSSR count). The van der Waals surface area contributed by atoms with Crippen LogP contribution in [0.2, 0.25) is 5.02 Å². The van der Waals surface area contributed by atoms with Crippen LogP contribution in [0.25, 0.3) is 16.2 Å². The van der Waals surface area contributed by atoms with E-state index in [0.29, 0.717) is 15.4 Å². The maximum Gasteiger partial charge on any atom is 0.433 e. The second-order valence-electron chi connectivity index (χ2n) is 8.50. The maximum absolute atomic E-state index is 13.8. The zero-order valence-electron chi connectivity index (χ0n) is 17.6. The molecule has 5 heterocycles. The van der Waals surface area contributed by atoms with Gasteiger partial charge in [0.15, 0.2) is 17.0 Å².